The summed E-state index contributed by atoms with van der Waals surface area (Å²) in [5.74, 6) is 1.21. The molecule has 2 atom stereocenters. The summed E-state index contributed by atoms with van der Waals surface area (Å²) in [5, 5.41) is 3.82. The Morgan fingerprint density at radius 1 is 1.12 bits per heavy atom. The third-order valence-electron chi connectivity index (χ3n) is 7.63. The number of halogens is 1. The highest BCUT2D eigenvalue weighted by molar-refractivity contribution is 6.32. The van der Waals surface area contributed by atoms with E-state index in [0.29, 0.717) is 16.7 Å². The molecule has 6 rings (SSSR count). The average Bonchev–Trinajstić information content (AvgIpc) is 3.04. The number of hydrogen-bond acceptors (Lipinski definition) is 4. The van der Waals surface area contributed by atoms with Crippen LogP contribution in [0.4, 0.5) is 4.79 Å². The van der Waals surface area contributed by atoms with Gasteiger partial charge in [0.15, 0.2) is 0 Å². The first kappa shape index (κ1) is 23.5. The van der Waals surface area contributed by atoms with Gasteiger partial charge in [0.2, 0.25) is 0 Å². The molecule has 3 saturated heterocycles. The molecule has 0 radical (unpaired) electrons. The van der Waals surface area contributed by atoms with Gasteiger partial charge in [-0.15, -0.1) is 0 Å². The maximum Gasteiger partial charge on any atom is 0.407 e. The van der Waals surface area contributed by atoms with Crippen molar-refractivity contribution < 1.29 is 14.3 Å². The normalized spacial score (nSPS) is 26.9. The van der Waals surface area contributed by atoms with E-state index in [0.717, 1.165) is 50.0 Å². The van der Waals surface area contributed by atoms with Crippen molar-refractivity contribution in [2.24, 2.45) is 11.3 Å². The van der Waals surface area contributed by atoms with Gasteiger partial charge in [0.05, 0.1) is 17.2 Å². The molecule has 1 amide bonds. The van der Waals surface area contributed by atoms with Crippen molar-refractivity contribution in [3.8, 4) is 16.9 Å². The Labute approximate surface area is 207 Å². The first-order valence-corrected chi connectivity index (χ1v) is 12.9. The number of nitrogens with zero attached hydrogens (tertiary/aromatic N) is 1. The summed E-state index contributed by atoms with van der Waals surface area (Å²) >= 11 is 6.48. The monoisotopic (exact) mass is 482 g/mol. The first-order chi connectivity index (χ1) is 16.2. The molecule has 3 aliphatic heterocycles. The fraction of sp³-hybridized carbons (Fsp3) is 0.536. The van der Waals surface area contributed by atoms with Gasteiger partial charge in [-0.3, -0.25) is 4.90 Å². The summed E-state index contributed by atoms with van der Waals surface area (Å²) < 4.78 is 11.7. The zero-order valence-corrected chi connectivity index (χ0v) is 21.3. The molecule has 6 heteroatoms. The summed E-state index contributed by atoms with van der Waals surface area (Å²) in [6, 6.07) is 12.4. The molecule has 0 aromatic heterocycles. The molecule has 34 heavy (non-hydrogen) atoms. The third-order valence-corrected chi connectivity index (χ3v) is 7.92. The van der Waals surface area contributed by atoms with Crippen molar-refractivity contribution >= 4 is 17.7 Å². The van der Waals surface area contributed by atoms with E-state index in [1.807, 2.05) is 32.0 Å². The van der Waals surface area contributed by atoms with Gasteiger partial charge in [-0.05, 0) is 91.9 Å². The van der Waals surface area contributed by atoms with Crippen LogP contribution in [0.2, 0.25) is 5.02 Å². The van der Waals surface area contributed by atoms with Gasteiger partial charge < -0.3 is 14.8 Å². The van der Waals surface area contributed by atoms with Gasteiger partial charge in [-0.1, -0.05) is 49.7 Å². The van der Waals surface area contributed by atoms with Crippen LogP contribution in [-0.2, 0) is 11.2 Å². The minimum atomic E-state index is -0.290. The second-order valence-corrected chi connectivity index (χ2v) is 11.5. The average molecular weight is 483 g/mol. The SMILES string of the molecule is CC(C)Oc1ccc(-c2ccc3c(c2)CC(C)(C)C3NC(=O)O[C@H]2CN3CCC2CC3)cc1Cl. The molecule has 0 saturated carbocycles. The lowest BCUT2D eigenvalue weighted by Gasteiger charge is -2.44. The summed E-state index contributed by atoms with van der Waals surface area (Å²) in [6.07, 6.45) is 2.96. The van der Waals surface area contributed by atoms with E-state index in [2.05, 4.69) is 42.3 Å². The summed E-state index contributed by atoms with van der Waals surface area (Å²) in [6.45, 7) is 11.5. The van der Waals surface area contributed by atoms with Crippen molar-refractivity contribution in [2.75, 3.05) is 19.6 Å². The molecular formula is C28H35ClN2O3. The molecule has 4 aliphatic rings. The zero-order valence-electron chi connectivity index (χ0n) is 20.6. The van der Waals surface area contributed by atoms with Gasteiger partial charge in [0.25, 0.3) is 0 Å². The van der Waals surface area contributed by atoms with E-state index in [1.165, 1.54) is 11.1 Å². The van der Waals surface area contributed by atoms with Crippen molar-refractivity contribution in [2.45, 2.75) is 65.2 Å². The van der Waals surface area contributed by atoms with Gasteiger partial charge in [-0.2, -0.15) is 0 Å². The lowest BCUT2D eigenvalue weighted by atomic mass is 9.85. The number of piperidine rings is 3. The van der Waals surface area contributed by atoms with Crippen LogP contribution < -0.4 is 10.1 Å². The van der Waals surface area contributed by atoms with Crippen molar-refractivity contribution in [3.63, 3.8) is 0 Å². The Hall–Kier alpha value is -2.24. The predicted molar refractivity (Wildman–Crippen MR) is 135 cm³/mol. The third kappa shape index (κ3) is 4.65. The summed E-state index contributed by atoms with van der Waals surface area (Å²) in [4.78, 5) is 15.3. The maximum absolute atomic E-state index is 12.9. The number of alkyl carbamates (subject to hydrolysis) is 1. The van der Waals surface area contributed by atoms with Crippen LogP contribution >= 0.6 is 11.6 Å². The van der Waals surface area contributed by atoms with Gasteiger partial charge >= 0.3 is 6.09 Å². The van der Waals surface area contributed by atoms with E-state index in [1.54, 1.807) is 0 Å². The molecule has 1 unspecified atom stereocenters. The maximum atomic E-state index is 12.9. The number of nitrogens with one attached hydrogen (secondary N) is 1. The Kier molecular flexibility index (Phi) is 6.28. The van der Waals surface area contributed by atoms with Crippen LogP contribution in [0.3, 0.4) is 0 Å². The van der Waals surface area contributed by atoms with Crippen LogP contribution in [0.5, 0.6) is 5.75 Å². The number of hydrogen-bond donors (Lipinski definition) is 1. The molecule has 2 bridgehead atoms. The summed E-state index contributed by atoms with van der Waals surface area (Å²) in [7, 11) is 0. The molecule has 5 nitrogen and oxygen atoms in total. The Balaban J connectivity index is 1.31. The smallest absolute Gasteiger partial charge is 0.407 e. The Morgan fingerprint density at radius 3 is 2.47 bits per heavy atom. The molecule has 2 aromatic rings. The molecular weight excluding hydrogens is 448 g/mol. The number of ether oxygens (including phenoxy) is 2. The second kappa shape index (κ2) is 9.09. The minimum absolute atomic E-state index is 0.0151. The van der Waals surface area contributed by atoms with Crippen LogP contribution in [0, 0.1) is 11.3 Å². The predicted octanol–water partition coefficient (Wildman–Crippen LogP) is 6.24. The molecule has 0 spiro atoms. The highest BCUT2D eigenvalue weighted by atomic mass is 35.5. The Morgan fingerprint density at radius 2 is 1.82 bits per heavy atom. The quantitative estimate of drug-likeness (QED) is 0.548. The van der Waals surface area contributed by atoms with Gasteiger partial charge in [0.1, 0.15) is 11.9 Å². The number of carbonyl (C=O) groups is 1. The van der Waals surface area contributed by atoms with E-state index in [9.17, 15) is 4.79 Å². The fourth-order valence-electron chi connectivity index (χ4n) is 5.87. The van der Waals surface area contributed by atoms with Crippen LogP contribution in [0.1, 0.15) is 57.7 Å². The zero-order chi connectivity index (χ0) is 24.0. The van der Waals surface area contributed by atoms with E-state index in [4.69, 9.17) is 21.1 Å². The number of carbonyl (C=O) groups excluding carboxylic acids is 1. The number of benzene rings is 2. The van der Waals surface area contributed by atoms with E-state index >= 15 is 0 Å². The van der Waals surface area contributed by atoms with Crippen molar-refractivity contribution in [1.82, 2.24) is 10.2 Å². The first-order valence-electron chi connectivity index (χ1n) is 12.5. The molecule has 1 aliphatic carbocycles. The van der Waals surface area contributed by atoms with Gasteiger partial charge in [0, 0.05) is 6.54 Å². The van der Waals surface area contributed by atoms with Crippen LogP contribution in [-0.4, -0.2) is 42.8 Å². The number of rotatable bonds is 5. The summed E-state index contributed by atoms with van der Waals surface area (Å²) in [5.41, 5.74) is 4.50. The van der Waals surface area contributed by atoms with Crippen LogP contribution in [0.15, 0.2) is 36.4 Å². The van der Waals surface area contributed by atoms with E-state index < -0.39 is 0 Å². The van der Waals surface area contributed by atoms with Crippen LogP contribution in [0.25, 0.3) is 11.1 Å². The van der Waals surface area contributed by atoms with Crippen molar-refractivity contribution in [3.05, 3.63) is 52.5 Å². The number of fused-ring (bicyclic) bond motifs is 4. The largest absolute Gasteiger partial charge is 0.489 e. The molecule has 3 heterocycles. The Bertz CT molecular complexity index is 1080. The number of amides is 1. The fourth-order valence-corrected chi connectivity index (χ4v) is 6.10. The van der Waals surface area contributed by atoms with Gasteiger partial charge in [-0.25, -0.2) is 4.79 Å². The molecule has 182 valence electrons. The molecule has 3 fully saturated rings. The lowest BCUT2D eigenvalue weighted by Crippen LogP contribution is -2.53. The molecule has 1 N–H and O–H groups in total. The standard InChI is InChI=1S/C28H35ClN2O3/c1-17(2)33-24-8-6-20(14-23(24)29)19-5-7-22-21(13-19)15-28(3,4)26(22)30-27(32)34-25-16-31-11-9-18(25)10-12-31/h5-8,13-14,17-18,25-26H,9-12,15-16H2,1-4H3,(H,30,32)/t25-,26?/m0/s1. The van der Waals surface area contributed by atoms with Crippen molar-refractivity contribution in [1.29, 1.82) is 0 Å². The highest BCUT2D eigenvalue weighted by Crippen LogP contribution is 2.46. The second-order valence-electron chi connectivity index (χ2n) is 11.0. The molecule has 2 aromatic carbocycles. The lowest BCUT2D eigenvalue weighted by molar-refractivity contribution is -0.0348. The topological polar surface area (TPSA) is 50.8 Å². The highest BCUT2D eigenvalue weighted by Gasteiger charge is 2.42. The minimum Gasteiger partial charge on any atom is -0.489 e. The van der Waals surface area contributed by atoms with E-state index in [-0.39, 0.29) is 29.8 Å².